The van der Waals surface area contributed by atoms with E-state index >= 15 is 0 Å². The zero-order chi connectivity index (χ0) is 24.1. The lowest BCUT2D eigenvalue weighted by Crippen LogP contribution is -2.18. The third kappa shape index (κ3) is 5.45. The Hall–Kier alpha value is -3.97. The van der Waals surface area contributed by atoms with Gasteiger partial charge in [-0.25, -0.2) is 0 Å². The number of nitro benzene ring substituents is 1. The lowest BCUT2D eigenvalue weighted by atomic mass is 10.1. The molecule has 0 aromatic heterocycles. The van der Waals surface area contributed by atoms with Gasteiger partial charge >= 0.3 is 0 Å². The standard InChI is InChI=1S/C22H20ClN3O7/c1-12(2)33-21-15(23)7-13(8-20(21)30-3)6-14(11-24)22(27)25-16-9-18-19(32-5-4-31-18)10-17(16)26(28)29/h6-10,12H,4-5H2,1-3H3,(H,25,27). The van der Waals surface area contributed by atoms with Crippen LogP contribution < -0.4 is 24.3 Å². The quantitative estimate of drug-likeness (QED) is 0.271. The number of nitriles is 1. The van der Waals surface area contributed by atoms with Crippen LogP contribution in [0.5, 0.6) is 23.0 Å². The minimum atomic E-state index is -0.852. The zero-order valence-corrected chi connectivity index (χ0v) is 18.8. The molecule has 1 aliphatic rings. The molecule has 0 bridgehead atoms. The Balaban J connectivity index is 1.93. The summed E-state index contributed by atoms with van der Waals surface area (Å²) in [4.78, 5) is 23.6. The largest absolute Gasteiger partial charge is 0.493 e. The van der Waals surface area contributed by atoms with Crippen LogP contribution in [0.4, 0.5) is 11.4 Å². The number of hydrogen-bond donors (Lipinski definition) is 1. The lowest BCUT2D eigenvalue weighted by molar-refractivity contribution is -0.384. The van der Waals surface area contributed by atoms with Crippen molar-refractivity contribution in [3.63, 3.8) is 0 Å². The topological polar surface area (TPSA) is 133 Å². The van der Waals surface area contributed by atoms with Crippen LogP contribution in [0.1, 0.15) is 19.4 Å². The number of ether oxygens (including phenoxy) is 4. The number of methoxy groups -OCH3 is 1. The number of hydrogen-bond acceptors (Lipinski definition) is 8. The molecule has 3 rings (SSSR count). The van der Waals surface area contributed by atoms with Gasteiger partial charge in [0.1, 0.15) is 30.5 Å². The number of nitrogens with zero attached hydrogens (tertiary/aromatic N) is 2. The van der Waals surface area contributed by atoms with Gasteiger partial charge in [-0.3, -0.25) is 14.9 Å². The van der Waals surface area contributed by atoms with Crippen LogP contribution >= 0.6 is 11.6 Å². The molecule has 2 aromatic rings. The summed E-state index contributed by atoms with van der Waals surface area (Å²) in [6.07, 6.45) is 1.13. The number of fused-ring (bicyclic) bond motifs is 1. The molecule has 0 aliphatic carbocycles. The normalized spacial score (nSPS) is 12.7. The number of carbonyl (C=O) groups excluding carboxylic acids is 1. The number of halogens is 1. The molecule has 2 aromatic carbocycles. The zero-order valence-electron chi connectivity index (χ0n) is 18.0. The molecule has 0 spiro atoms. The van der Waals surface area contributed by atoms with Crippen LogP contribution in [-0.2, 0) is 4.79 Å². The highest BCUT2D eigenvalue weighted by atomic mass is 35.5. The molecule has 1 aliphatic heterocycles. The Labute approximate surface area is 194 Å². The van der Waals surface area contributed by atoms with Gasteiger partial charge < -0.3 is 24.3 Å². The second-order valence-corrected chi connectivity index (χ2v) is 7.50. The second-order valence-electron chi connectivity index (χ2n) is 7.09. The summed E-state index contributed by atoms with van der Waals surface area (Å²) in [5.41, 5.74) is -0.442. The molecule has 0 fully saturated rings. The Kier molecular flexibility index (Phi) is 7.25. The van der Waals surface area contributed by atoms with Crippen LogP contribution in [0, 0.1) is 21.4 Å². The van der Waals surface area contributed by atoms with Crippen molar-refractivity contribution in [3.8, 4) is 29.1 Å². The number of carbonyl (C=O) groups is 1. The Bertz CT molecular complexity index is 1170. The van der Waals surface area contributed by atoms with Gasteiger partial charge in [0.2, 0.25) is 0 Å². The molecular formula is C22H20ClN3O7. The van der Waals surface area contributed by atoms with Crippen molar-refractivity contribution in [2.45, 2.75) is 20.0 Å². The smallest absolute Gasteiger partial charge is 0.296 e. The summed E-state index contributed by atoms with van der Waals surface area (Å²) < 4.78 is 21.7. The fourth-order valence-corrected chi connectivity index (χ4v) is 3.27. The van der Waals surface area contributed by atoms with Crippen LogP contribution in [0.15, 0.2) is 29.8 Å². The van der Waals surface area contributed by atoms with Crippen molar-refractivity contribution in [1.82, 2.24) is 0 Å². The van der Waals surface area contributed by atoms with Crippen LogP contribution in [0.3, 0.4) is 0 Å². The SMILES string of the molecule is COc1cc(C=C(C#N)C(=O)Nc2cc3c(cc2[N+](=O)[O-])OCCO3)cc(Cl)c1OC(C)C. The molecule has 0 saturated carbocycles. The summed E-state index contributed by atoms with van der Waals surface area (Å²) in [7, 11) is 1.44. The van der Waals surface area contributed by atoms with Gasteiger partial charge in [-0.15, -0.1) is 0 Å². The number of anilines is 1. The van der Waals surface area contributed by atoms with Crippen LogP contribution in [0.2, 0.25) is 5.02 Å². The summed E-state index contributed by atoms with van der Waals surface area (Å²) in [5, 5.41) is 23.6. The van der Waals surface area contributed by atoms with Crippen molar-refractivity contribution in [3.05, 3.63) is 50.5 Å². The highest BCUT2D eigenvalue weighted by Gasteiger charge is 2.24. The van der Waals surface area contributed by atoms with Gasteiger partial charge in [0.25, 0.3) is 11.6 Å². The lowest BCUT2D eigenvalue weighted by Gasteiger charge is -2.19. The maximum atomic E-state index is 12.8. The first-order chi connectivity index (χ1) is 15.7. The summed E-state index contributed by atoms with van der Waals surface area (Å²) >= 11 is 6.30. The predicted octanol–water partition coefficient (Wildman–Crippen LogP) is 4.36. The average Bonchev–Trinajstić information content (AvgIpc) is 2.77. The van der Waals surface area contributed by atoms with Crippen molar-refractivity contribution in [2.75, 3.05) is 25.6 Å². The Morgan fingerprint density at radius 3 is 2.52 bits per heavy atom. The predicted molar refractivity (Wildman–Crippen MR) is 120 cm³/mol. The minimum Gasteiger partial charge on any atom is -0.493 e. The van der Waals surface area contributed by atoms with Gasteiger partial charge in [0, 0.05) is 6.07 Å². The molecule has 10 nitrogen and oxygen atoms in total. The van der Waals surface area contributed by atoms with E-state index in [-0.39, 0.29) is 47.1 Å². The van der Waals surface area contributed by atoms with E-state index in [1.54, 1.807) is 12.1 Å². The van der Waals surface area contributed by atoms with E-state index in [1.165, 1.54) is 25.3 Å². The number of rotatable bonds is 7. The van der Waals surface area contributed by atoms with Gasteiger partial charge in [0.15, 0.2) is 23.0 Å². The number of nitrogens with one attached hydrogen (secondary N) is 1. The minimum absolute atomic E-state index is 0.133. The summed E-state index contributed by atoms with van der Waals surface area (Å²) in [6, 6.07) is 7.32. The fourth-order valence-electron chi connectivity index (χ4n) is 3.01. The van der Waals surface area contributed by atoms with E-state index in [1.807, 2.05) is 13.8 Å². The maximum Gasteiger partial charge on any atom is 0.296 e. The number of amides is 1. The third-order valence-corrected chi connectivity index (χ3v) is 4.67. The van der Waals surface area contributed by atoms with Crippen molar-refractivity contribution >= 4 is 35.0 Å². The van der Waals surface area contributed by atoms with Crippen LogP contribution in [0.25, 0.3) is 6.08 Å². The van der Waals surface area contributed by atoms with Gasteiger partial charge in [-0.2, -0.15) is 5.26 Å². The fraction of sp³-hybridized carbons (Fsp3) is 0.273. The third-order valence-electron chi connectivity index (χ3n) is 4.39. The summed E-state index contributed by atoms with van der Waals surface area (Å²) in [6.45, 7) is 4.18. The molecule has 0 saturated heterocycles. The molecule has 0 radical (unpaired) electrons. The number of benzene rings is 2. The van der Waals surface area contributed by atoms with Gasteiger partial charge in [0.05, 0.1) is 29.2 Å². The first-order valence-corrected chi connectivity index (χ1v) is 10.2. The summed E-state index contributed by atoms with van der Waals surface area (Å²) in [5.74, 6) is 0.257. The van der Waals surface area contributed by atoms with E-state index < -0.39 is 16.5 Å². The average molecular weight is 474 g/mol. The molecule has 0 unspecified atom stereocenters. The van der Waals surface area contributed by atoms with Gasteiger partial charge in [-0.1, -0.05) is 11.6 Å². The number of nitro groups is 1. The molecule has 172 valence electrons. The van der Waals surface area contributed by atoms with Crippen molar-refractivity contribution in [1.29, 1.82) is 5.26 Å². The van der Waals surface area contributed by atoms with E-state index in [0.717, 1.165) is 6.07 Å². The second kappa shape index (κ2) is 10.1. The molecule has 11 heteroatoms. The van der Waals surface area contributed by atoms with E-state index in [4.69, 9.17) is 30.5 Å². The Morgan fingerprint density at radius 2 is 1.94 bits per heavy atom. The first kappa shape index (κ1) is 23.7. The Morgan fingerprint density at radius 1 is 1.27 bits per heavy atom. The highest BCUT2D eigenvalue weighted by Crippen LogP contribution is 2.40. The van der Waals surface area contributed by atoms with Gasteiger partial charge in [-0.05, 0) is 37.6 Å². The van der Waals surface area contributed by atoms with Crippen molar-refractivity contribution in [2.24, 2.45) is 0 Å². The first-order valence-electron chi connectivity index (χ1n) is 9.78. The molecule has 0 atom stereocenters. The molecule has 1 N–H and O–H groups in total. The maximum absolute atomic E-state index is 12.8. The molecular weight excluding hydrogens is 454 g/mol. The van der Waals surface area contributed by atoms with E-state index in [2.05, 4.69) is 5.32 Å². The molecule has 1 amide bonds. The highest BCUT2D eigenvalue weighted by molar-refractivity contribution is 6.32. The van der Waals surface area contributed by atoms with E-state index in [0.29, 0.717) is 17.1 Å². The molecule has 33 heavy (non-hydrogen) atoms. The monoisotopic (exact) mass is 473 g/mol. The molecule has 1 heterocycles. The van der Waals surface area contributed by atoms with Crippen molar-refractivity contribution < 1.29 is 28.7 Å². The van der Waals surface area contributed by atoms with Crippen LogP contribution in [-0.4, -0.2) is 37.3 Å². The van der Waals surface area contributed by atoms with E-state index in [9.17, 15) is 20.2 Å².